The molecule has 29 heavy (non-hydrogen) atoms. The topological polar surface area (TPSA) is 138 Å². The van der Waals surface area contributed by atoms with Crippen LogP contribution in [0.3, 0.4) is 0 Å². The molecule has 0 aromatic heterocycles. The van der Waals surface area contributed by atoms with Crippen molar-refractivity contribution in [2.75, 3.05) is 17.7 Å². The Labute approximate surface area is 168 Å². The van der Waals surface area contributed by atoms with E-state index in [1.54, 1.807) is 36.4 Å². The van der Waals surface area contributed by atoms with Gasteiger partial charge in [-0.15, -0.1) is 0 Å². The third-order valence-corrected chi connectivity index (χ3v) is 5.40. The molecular weight excluding hydrogens is 372 g/mol. The molecule has 1 aliphatic carbocycles. The predicted molar refractivity (Wildman–Crippen MR) is 111 cm³/mol. The van der Waals surface area contributed by atoms with Gasteiger partial charge in [0.1, 0.15) is 5.75 Å². The second-order valence-corrected chi connectivity index (χ2v) is 7.10. The minimum atomic E-state index is -0.788. The normalized spacial score (nSPS) is 19.9. The number of benzene rings is 2. The molecule has 2 unspecified atom stereocenters. The van der Waals surface area contributed by atoms with Gasteiger partial charge in [0.25, 0.3) is 5.91 Å². The number of anilines is 2. The summed E-state index contributed by atoms with van der Waals surface area (Å²) in [6, 6.07) is 11.9. The van der Waals surface area contributed by atoms with Crippen LogP contribution in [0.4, 0.5) is 11.4 Å². The third kappa shape index (κ3) is 4.01. The summed E-state index contributed by atoms with van der Waals surface area (Å²) in [6.45, 7) is 1.88. The van der Waals surface area contributed by atoms with E-state index in [2.05, 4.69) is 10.6 Å². The van der Waals surface area contributed by atoms with Crippen LogP contribution in [0.5, 0.6) is 5.75 Å². The number of carboxylic acid groups (broad SMARTS) is 1. The number of guanidine groups is 1. The van der Waals surface area contributed by atoms with Crippen molar-refractivity contribution < 1.29 is 19.4 Å². The highest BCUT2D eigenvalue weighted by Crippen LogP contribution is 2.63. The van der Waals surface area contributed by atoms with Gasteiger partial charge in [-0.2, -0.15) is 0 Å². The molecule has 1 aliphatic rings. The molecule has 8 nitrogen and oxygen atoms in total. The van der Waals surface area contributed by atoms with Crippen LogP contribution in [0.15, 0.2) is 42.5 Å². The summed E-state index contributed by atoms with van der Waals surface area (Å²) >= 11 is 0. The zero-order chi connectivity index (χ0) is 21.2. The number of rotatable bonds is 7. The number of nitrogens with one attached hydrogen (secondary N) is 3. The molecule has 0 bridgehead atoms. The minimum Gasteiger partial charge on any atom is -0.496 e. The van der Waals surface area contributed by atoms with Crippen LogP contribution >= 0.6 is 0 Å². The summed E-state index contributed by atoms with van der Waals surface area (Å²) in [6.07, 6.45) is 1.14. The maximum atomic E-state index is 12.6. The minimum absolute atomic E-state index is 0.0981. The average molecular weight is 396 g/mol. The zero-order valence-electron chi connectivity index (χ0n) is 16.3. The van der Waals surface area contributed by atoms with Gasteiger partial charge >= 0.3 is 5.97 Å². The van der Waals surface area contributed by atoms with E-state index in [4.69, 9.17) is 15.9 Å². The Bertz CT molecular complexity index is 975. The molecule has 6 N–H and O–H groups in total. The maximum absolute atomic E-state index is 12.6. The van der Waals surface area contributed by atoms with Crippen LogP contribution < -0.4 is 21.1 Å². The third-order valence-electron chi connectivity index (χ3n) is 5.40. The number of nitrogens with two attached hydrogens (primary N) is 1. The highest BCUT2D eigenvalue weighted by Gasteiger charge is 2.60. The van der Waals surface area contributed by atoms with Gasteiger partial charge in [-0.05, 0) is 42.7 Å². The van der Waals surface area contributed by atoms with Crippen molar-refractivity contribution in [1.29, 1.82) is 5.41 Å². The van der Waals surface area contributed by atoms with Crippen LogP contribution in [-0.2, 0) is 4.79 Å². The van der Waals surface area contributed by atoms with Crippen molar-refractivity contribution in [3.05, 3.63) is 53.6 Å². The summed E-state index contributed by atoms with van der Waals surface area (Å²) in [5.74, 6) is -0.877. The molecule has 8 heteroatoms. The van der Waals surface area contributed by atoms with Crippen molar-refractivity contribution in [2.45, 2.75) is 25.7 Å². The van der Waals surface area contributed by atoms with Gasteiger partial charge in [0.2, 0.25) is 0 Å². The lowest BCUT2D eigenvalue weighted by molar-refractivity contribution is -0.143. The van der Waals surface area contributed by atoms with Crippen LogP contribution in [0.2, 0.25) is 0 Å². The lowest BCUT2D eigenvalue weighted by atomic mass is 9.95. The molecule has 1 saturated carbocycles. The first-order valence-corrected chi connectivity index (χ1v) is 9.24. The van der Waals surface area contributed by atoms with Gasteiger partial charge in [0.05, 0.1) is 12.5 Å². The van der Waals surface area contributed by atoms with Gasteiger partial charge in [0, 0.05) is 28.9 Å². The van der Waals surface area contributed by atoms with Gasteiger partial charge in [-0.3, -0.25) is 15.0 Å². The quantitative estimate of drug-likeness (QED) is 0.360. The molecule has 0 heterocycles. The van der Waals surface area contributed by atoms with Gasteiger partial charge in [0.15, 0.2) is 5.96 Å². The molecule has 0 radical (unpaired) electrons. The van der Waals surface area contributed by atoms with E-state index >= 15 is 0 Å². The number of hydrogen-bond acceptors (Lipinski definition) is 4. The molecule has 0 saturated heterocycles. The lowest BCUT2D eigenvalue weighted by Crippen LogP contribution is -2.21. The molecular formula is C21H24N4O4. The van der Waals surface area contributed by atoms with Crippen molar-refractivity contribution in [2.24, 2.45) is 11.1 Å². The second-order valence-electron chi connectivity index (χ2n) is 7.10. The van der Waals surface area contributed by atoms with E-state index in [9.17, 15) is 14.7 Å². The number of hydrogen-bond donors (Lipinski definition) is 5. The number of carbonyl (C=O) groups is 2. The fourth-order valence-electron chi connectivity index (χ4n) is 3.66. The maximum Gasteiger partial charge on any atom is 0.310 e. The fraction of sp³-hybridized carbons (Fsp3) is 0.286. The van der Waals surface area contributed by atoms with Crippen molar-refractivity contribution in [1.82, 2.24) is 0 Å². The lowest BCUT2D eigenvalue weighted by Gasteiger charge is -2.14. The highest BCUT2D eigenvalue weighted by atomic mass is 16.5. The highest BCUT2D eigenvalue weighted by molar-refractivity contribution is 6.05. The van der Waals surface area contributed by atoms with Gasteiger partial charge < -0.3 is 26.2 Å². The summed E-state index contributed by atoms with van der Waals surface area (Å²) < 4.78 is 5.46. The summed E-state index contributed by atoms with van der Waals surface area (Å²) in [7, 11) is 1.53. The monoisotopic (exact) mass is 396 g/mol. The van der Waals surface area contributed by atoms with E-state index in [-0.39, 0.29) is 17.8 Å². The summed E-state index contributed by atoms with van der Waals surface area (Å²) in [4.78, 5) is 24.2. The summed E-state index contributed by atoms with van der Waals surface area (Å²) in [5, 5.41) is 22.3. The van der Waals surface area contributed by atoms with E-state index in [1.165, 1.54) is 7.11 Å². The Morgan fingerprint density at radius 3 is 2.55 bits per heavy atom. The fourth-order valence-corrected chi connectivity index (χ4v) is 3.66. The van der Waals surface area contributed by atoms with Gasteiger partial charge in [-0.1, -0.05) is 19.1 Å². The zero-order valence-corrected chi connectivity index (χ0v) is 16.3. The number of ether oxygens (including phenoxy) is 1. The van der Waals surface area contributed by atoms with Gasteiger partial charge in [-0.25, -0.2) is 0 Å². The van der Waals surface area contributed by atoms with E-state index in [1.807, 2.05) is 13.0 Å². The van der Waals surface area contributed by atoms with Crippen molar-refractivity contribution >= 4 is 29.2 Å². The number of carboxylic acids is 1. The summed E-state index contributed by atoms with van der Waals surface area (Å²) in [5.41, 5.74) is 6.90. The number of carbonyl (C=O) groups excluding carboxylic acids is 1. The first kappa shape index (κ1) is 20.2. The van der Waals surface area contributed by atoms with Crippen LogP contribution in [0, 0.1) is 10.8 Å². The first-order chi connectivity index (χ1) is 13.8. The Balaban J connectivity index is 1.78. The number of amides is 1. The van der Waals surface area contributed by atoms with Crippen LogP contribution in [0.1, 0.15) is 41.6 Å². The molecule has 1 amide bonds. The first-order valence-electron chi connectivity index (χ1n) is 9.24. The van der Waals surface area contributed by atoms with Crippen LogP contribution in [0.25, 0.3) is 0 Å². The van der Waals surface area contributed by atoms with E-state index in [0.29, 0.717) is 35.5 Å². The molecule has 0 aliphatic heterocycles. The molecule has 2 atom stereocenters. The Kier molecular flexibility index (Phi) is 5.45. The van der Waals surface area contributed by atoms with Crippen LogP contribution in [-0.4, -0.2) is 30.1 Å². The standard InChI is InChI=1S/C21H24N4O4/c1-3-21(19(27)28)11-16(21)15-8-7-14(10-17(15)29-2)24-18(26)12-5-4-6-13(9-12)25-20(22)23/h4-10,16H,3,11H2,1-2H3,(H,24,26)(H,27,28)(H4,22,23,25). The second kappa shape index (κ2) is 7.83. The Hall–Kier alpha value is -3.55. The predicted octanol–water partition coefficient (Wildman–Crippen LogP) is 3.22. The Morgan fingerprint density at radius 1 is 1.24 bits per heavy atom. The number of aliphatic carboxylic acids is 1. The molecule has 1 fully saturated rings. The largest absolute Gasteiger partial charge is 0.496 e. The molecule has 0 spiro atoms. The molecule has 3 rings (SSSR count). The number of methoxy groups -OCH3 is 1. The van der Waals surface area contributed by atoms with Crippen molar-refractivity contribution in [3.63, 3.8) is 0 Å². The van der Waals surface area contributed by atoms with Crippen molar-refractivity contribution in [3.8, 4) is 5.75 Å². The molecule has 2 aromatic carbocycles. The SMILES string of the molecule is CCC1(C(=O)O)CC1c1ccc(NC(=O)c2cccc(NC(=N)N)c2)cc1OC. The smallest absolute Gasteiger partial charge is 0.310 e. The van der Waals surface area contributed by atoms with E-state index < -0.39 is 11.4 Å². The van der Waals surface area contributed by atoms with E-state index in [0.717, 1.165) is 5.56 Å². The average Bonchev–Trinajstić information content (AvgIpc) is 3.43. The Morgan fingerprint density at radius 2 is 1.97 bits per heavy atom. The molecule has 152 valence electrons. The molecule has 2 aromatic rings.